The Morgan fingerprint density at radius 1 is 1.03 bits per heavy atom. The number of ether oxygens (including phenoxy) is 1. The Bertz CT molecular complexity index is 1030. The number of rotatable bonds is 7. The lowest BCUT2D eigenvalue weighted by Gasteiger charge is -2.24. The first-order valence-electron chi connectivity index (χ1n) is 11.0. The van der Waals surface area contributed by atoms with Crippen LogP contribution < -0.4 is 10.6 Å². The van der Waals surface area contributed by atoms with Gasteiger partial charge in [-0.15, -0.1) is 0 Å². The summed E-state index contributed by atoms with van der Waals surface area (Å²) in [6.07, 6.45) is 0.454. The Kier molecular flexibility index (Phi) is 7.53. The monoisotopic (exact) mass is 450 g/mol. The van der Waals surface area contributed by atoms with Crippen molar-refractivity contribution < 1.29 is 24.2 Å². The summed E-state index contributed by atoms with van der Waals surface area (Å²) in [5.41, 5.74) is 0.810. The van der Waals surface area contributed by atoms with Crippen LogP contribution in [0, 0.1) is 0 Å². The standard InChI is InChI=1S/C26H30N2O5/c1-26(2,3)33-25(32)28-20(16-18-12-8-5-9-13-18)23(30)21-22(29)19(27-24(21)31)15-14-17-10-6-4-7-11-17/h4-13,19-20,30H,14-16H2,1-3H3,(H,27,31)(H,28,32). The maximum absolute atomic E-state index is 13.0. The molecular formula is C26H30N2O5. The van der Waals surface area contributed by atoms with Gasteiger partial charge in [0.05, 0.1) is 12.1 Å². The Hall–Kier alpha value is -3.61. The molecule has 1 saturated heterocycles. The Balaban J connectivity index is 1.81. The van der Waals surface area contributed by atoms with E-state index in [1.807, 2.05) is 60.7 Å². The van der Waals surface area contributed by atoms with Crippen molar-refractivity contribution in [3.8, 4) is 0 Å². The average Bonchev–Trinajstić information content (AvgIpc) is 3.04. The van der Waals surface area contributed by atoms with Gasteiger partial charge in [-0.3, -0.25) is 9.59 Å². The molecule has 3 N–H and O–H groups in total. The number of aryl methyl sites for hydroxylation is 1. The second-order valence-corrected chi connectivity index (χ2v) is 9.06. The van der Waals surface area contributed by atoms with E-state index in [4.69, 9.17) is 4.74 Å². The molecule has 7 heteroatoms. The molecule has 2 unspecified atom stereocenters. The van der Waals surface area contributed by atoms with Crippen LogP contribution in [0.4, 0.5) is 4.79 Å². The topological polar surface area (TPSA) is 105 Å². The average molecular weight is 451 g/mol. The summed E-state index contributed by atoms with van der Waals surface area (Å²) in [7, 11) is 0. The highest BCUT2D eigenvalue weighted by Gasteiger charge is 2.40. The summed E-state index contributed by atoms with van der Waals surface area (Å²) in [6.45, 7) is 5.17. The number of ketones is 1. The Morgan fingerprint density at radius 2 is 1.61 bits per heavy atom. The Labute approximate surface area is 193 Å². The number of Topliss-reactive ketones (excluding diaryl/α,β-unsaturated/α-hetero) is 1. The van der Waals surface area contributed by atoms with Crippen LogP contribution in [0.3, 0.4) is 0 Å². The molecule has 0 aromatic heterocycles. The summed E-state index contributed by atoms with van der Waals surface area (Å²) in [5.74, 6) is -1.58. The minimum absolute atomic E-state index is 0.185. The van der Waals surface area contributed by atoms with E-state index in [9.17, 15) is 19.5 Å². The second-order valence-electron chi connectivity index (χ2n) is 9.06. The van der Waals surface area contributed by atoms with Crippen LogP contribution in [0.5, 0.6) is 0 Å². The van der Waals surface area contributed by atoms with Gasteiger partial charge >= 0.3 is 6.09 Å². The van der Waals surface area contributed by atoms with Crippen molar-refractivity contribution in [1.82, 2.24) is 10.6 Å². The van der Waals surface area contributed by atoms with E-state index in [1.165, 1.54) is 0 Å². The maximum Gasteiger partial charge on any atom is 0.408 e. The van der Waals surface area contributed by atoms with Gasteiger partial charge in [0.2, 0.25) is 0 Å². The lowest BCUT2D eigenvalue weighted by molar-refractivity contribution is -0.117. The zero-order chi connectivity index (χ0) is 24.0. The fourth-order valence-electron chi connectivity index (χ4n) is 3.67. The maximum atomic E-state index is 13.0. The summed E-state index contributed by atoms with van der Waals surface area (Å²) in [6, 6.07) is 17.1. The van der Waals surface area contributed by atoms with Gasteiger partial charge in [0.15, 0.2) is 5.78 Å². The molecule has 33 heavy (non-hydrogen) atoms. The van der Waals surface area contributed by atoms with Gasteiger partial charge in [-0.2, -0.15) is 0 Å². The number of alkyl carbamates (subject to hydrolysis) is 1. The van der Waals surface area contributed by atoms with E-state index < -0.39 is 41.2 Å². The number of hydrogen-bond acceptors (Lipinski definition) is 5. The summed E-state index contributed by atoms with van der Waals surface area (Å²) in [5, 5.41) is 16.3. The number of aliphatic hydroxyl groups is 1. The van der Waals surface area contributed by atoms with Crippen LogP contribution in [0.2, 0.25) is 0 Å². The van der Waals surface area contributed by atoms with Crippen LogP contribution in [-0.2, 0) is 27.2 Å². The fraction of sp³-hybridized carbons (Fsp3) is 0.346. The van der Waals surface area contributed by atoms with Crippen molar-refractivity contribution >= 4 is 17.8 Å². The summed E-state index contributed by atoms with van der Waals surface area (Å²) in [4.78, 5) is 38.0. The van der Waals surface area contributed by atoms with E-state index in [2.05, 4.69) is 10.6 Å². The molecule has 7 nitrogen and oxygen atoms in total. The van der Waals surface area contributed by atoms with Gasteiger partial charge in [0.25, 0.3) is 5.91 Å². The zero-order valence-corrected chi connectivity index (χ0v) is 19.1. The van der Waals surface area contributed by atoms with Crippen molar-refractivity contribution in [2.45, 2.75) is 57.7 Å². The molecule has 0 spiro atoms. The molecular weight excluding hydrogens is 420 g/mol. The van der Waals surface area contributed by atoms with Crippen molar-refractivity contribution in [2.24, 2.45) is 0 Å². The second kappa shape index (κ2) is 10.3. The number of nitrogens with one attached hydrogen (secondary N) is 2. The van der Waals surface area contributed by atoms with E-state index in [0.29, 0.717) is 12.8 Å². The number of benzene rings is 2. The Morgan fingerprint density at radius 3 is 2.18 bits per heavy atom. The van der Waals surface area contributed by atoms with Gasteiger partial charge in [0.1, 0.15) is 16.9 Å². The van der Waals surface area contributed by atoms with Gasteiger partial charge in [-0.1, -0.05) is 60.7 Å². The molecule has 2 aromatic carbocycles. The van der Waals surface area contributed by atoms with Crippen LogP contribution >= 0.6 is 0 Å². The number of hydrogen-bond donors (Lipinski definition) is 3. The van der Waals surface area contributed by atoms with Gasteiger partial charge in [-0.25, -0.2) is 4.79 Å². The lowest BCUT2D eigenvalue weighted by atomic mass is 9.97. The fourth-order valence-corrected chi connectivity index (χ4v) is 3.67. The molecule has 0 aliphatic carbocycles. The van der Waals surface area contributed by atoms with E-state index in [-0.39, 0.29) is 12.0 Å². The smallest absolute Gasteiger partial charge is 0.408 e. The molecule has 1 aliphatic heterocycles. The zero-order valence-electron chi connectivity index (χ0n) is 19.1. The molecule has 1 aliphatic rings. The van der Waals surface area contributed by atoms with Crippen molar-refractivity contribution in [3.05, 3.63) is 83.1 Å². The van der Waals surface area contributed by atoms with Gasteiger partial charge < -0.3 is 20.5 Å². The predicted octanol–water partition coefficient (Wildman–Crippen LogP) is 3.63. The largest absolute Gasteiger partial charge is 0.509 e. The molecule has 0 bridgehead atoms. The highest BCUT2D eigenvalue weighted by molar-refractivity contribution is 6.27. The normalized spacial score (nSPS) is 18.5. The molecule has 174 valence electrons. The van der Waals surface area contributed by atoms with E-state index in [0.717, 1.165) is 11.1 Å². The first-order valence-corrected chi connectivity index (χ1v) is 11.0. The third-order valence-corrected chi connectivity index (χ3v) is 5.22. The predicted molar refractivity (Wildman–Crippen MR) is 125 cm³/mol. The van der Waals surface area contributed by atoms with E-state index >= 15 is 0 Å². The van der Waals surface area contributed by atoms with E-state index in [1.54, 1.807) is 20.8 Å². The molecule has 1 fully saturated rings. The van der Waals surface area contributed by atoms with Crippen molar-refractivity contribution in [3.63, 3.8) is 0 Å². The molecule has 1 heterocycles. The molecule has 2 amide bonds. The minimum Gasteiger partial charge on any atom is -0.509 e. The van der Waals surface area contributed by atoms with Crippen LogP contribution in [-0.4, -0.2) is 40.6 Å². The molecule has 0 saturated carbocycles. The first-order chi connectivity index (χ1) is 15.6. The number of amides is 2. The highest BCUT2D eigenvalue weighted by atomic mass is 16.6. The van der Waals surface area contributed by atoms with Crippen molar-refractivity contribution in [1.29, 1.82) is 0 Å². The number of carbonyl (C=O) groups excluding carboxylic acids is 3. The lowest BCUT2D eigenvalue weighted by Crippen LogP contribution is -2.42. The highest BCUT2D eigenvalue weighted by Crippen LogP contribution is 2.21. The molecule has 2 aromatic rings. The van der Waals surface area contributed by atoms with Gasteiger partial charge in [-0.05, 0) is 44.7 Å². The number of aliphatic hydroxyl groups excluding tert-OH is 1. The van der Waals surface area contributed by atoms with Gasteiger partial charge in [0, 0.05) is 6.42 Å². The van der Waals surface area contributed by atoms with Crippen LogP contribution in [0.15, 0.2) is 72.0 Å². The molecule has 2 atom stereocenters. The molecule has 3 rings (SSSR count). The quantitative estimate of drug-likeness (QED) is 0.339. The molecule has 0 radical (unpaired) electrons. The van der Waals surface area contributed by atoms with Crippen molar-refractivity contribution in [2.75, 3.05) is 0 Å². The first kappa shape index (κ1) is 24.0. The third-order valence-electron chi connectivity index (χ3n) is 5.22. The SMILES string of the molecule is CC(C)(C)OC(=O)NC(Cc1ccccc1)C(O)=C1C(=O)NC(CCc2ccccc2)C1=O. The van der Waals surface area contributed by atoms with Crippen LogP contribution in [0.1, 0.15) is 38.3 Å². The summed E-state index contributed by atoms with van der Waals surface area (Å²) < 4.78 is 5.31. The number of carbonyl (C=O) groups is 3. The minimum atomic E-state index is -1.00. The van der Waals surface area contributed by atoms with Crippen LogP contribution in [0.25, 0.3) is 0 Å². The third kappa shape index (κ3) is 6.68. The summed E-state index contributed by atoms with van der Waals surface area (Å²) >= 11 is 0.